The normalized spacial score (nSPS) is 21.2. The summed E-state index contributed by atoms with van der Waals surface area (Å²) in [6, 6.07) is 3.91. The van der Waals surface area contributed by atoms with Gasteiger partial charge in [-0.1, -0.05) is 17.7 Å². The van der Waals surface area contributed by atoms with Crippen LogP contribution in [0.4, 0.5) is 4.39 Å². The van der Waals surface area contributed by atoms with Gasteiger partial charge in [-0.2, -0.15) is 0 Å². The highest BCUT2D eigenvalue weighted by molar-refractivity contribution is 6.31. The molecule has 1 fully saturated rings. The number of aliphatic hydroxyl groups excluding tert-OH is 1. The van der Waals surface area contributed by atoms with Gasteiger partial charge in [0.25, 0.3) is 0 Å². The Balaban J connectivity index is 1.98. The van der Waals surface area contributed by atoms with Crippen molar-refractivity contribution in [1.82, 2.24) is 5.32 Å². The average molecular weight is 274 g/mol. The molecule has 2 atom stereocenters. The first-order valence-electron chi connectivity index (χ1n) is 6.11. The molecular formula is C13H17ClFNO2. The molecule has 2 unspecified atom stereocenters. The van der Waals surface area contributed by atoms with Gasteiger partial charge in [0.15, 0.2) is 0 Å². The van der Waals surface area contributed by atoms with Gasteiger partial charge in [-0.25, -0.2) is 4.39 Å². The quantitative estimate of drug-likeness (QED) is 0.865. The van der Waals surface area contributed by atoms with Gasteiger partial charge in [0, 0.05) is 18.2 Å². The molecule has 0 radical (unpaired) electrons. The summed E-state index contributed by atoms with van der Waals surface area (Å²) < 4.78 is 18.5. The van der Waals surface area contributed by atoms with Gasteiger partial charge in [-0.3, -0.25) is 0 Å². The van der Waals surface area contributed by atoms with Crippen molar-refractivity contribution in [3.63, 3.8) is 0 Å². The van der Waals surface area contributed by atoms with E-state index in [-0.39, 0.29) is 24.6 Å². The summed E-state index contributed by atoms with van der Waals surface area (Å²) in [4.78, 5) is 0. The van der Waals surface area contributed by atoms with E-state index in [9.17, 15) is 9.50 Å². The minimum absolute atomic E-state index is 0.0852. The van der Waals surface area contributed by atoms with Crippen LogP contribution in [0.5, 0.6) is 0 Å². The average Bonchev–Trinajstić information content (AvgIpc) is 2.85. The lowest BCUT2D eigenvalue weighted by atomic mass is 10.1. The minimum atomic E-state index is -0.375. The summed E-state index contributed by atoms with van der Waals surface area (Å²) in [6.07, 6.45) is 2.30. The SMILES string of the molecule is OCC(NCC1CCCO1)c1ccc(F)cc1Cl. The maximum Gasteiger partial charge on any atom is 0.124 e. The number of benzene rings is 1. The zero-order chi connectivity index (χ0) is 13.0. The van der Waals surface area contributed by atoms with E-state index in [2.05, 4.69) is 5.32 Å². The standard InChI is InChI=1S/C13H17ClFNO2/c14-12-6-9(15)3-4-11(12)13(8-17)16-7-10-2-1-5-18-10/h3-4,6,10,13,16-17H,1-2,5,7-8H2. The summed E-state index contributed by atoms with van der Waals surface area (Å²) in [5.41, 5.74) is 0.707. The van der Waals surface area contributed by atoms with Gasteiger partial charge < -0.3 is 15.2 Å². The lowest BCUT2D eigenvalue weighted by Gasteiger charge is -2.20. The van der Waals surface area contributed by atoms with Crippen LogP contribution in [0.3, 0.4) is 0 Å². The summed E-state index contributed by atoms with van der Waals surface area (Å²) in [5, 5.41) is 12.9. The summed E-state index contributed by atoms with van der Waals surface area (Å²) in [5.74, 6) is -0.375. The fourth-order valence-corrected chi connectivity index (χ4v) is 2.43. The van der Waals surface area contributed by atoms with Crippen LogP contribution in [0.25, 0.3) is 0 Å². The third-order valence-electron chi connectivity index (χ3n) is 3.14. The smallest absolute Gasteiger partial charge is 0.124 e. The first-order chi connectivity index (χ1) is 8.70. The van der Waals surface area contributed by atoms with Gasteiger partial charge in [-0.05, 0) is 30.5 Å². The number of ether oxygens (including phenoxy) is 1. The summed E-state index contributed by atoms with van der Waals surface area (Å²) >= 11 is 5.98. The molecule has 2 N–H and O–H groups in total. The molecule has 1 aromatic rings. The van der Waals surface area contributed by atoms with Crippen molar-refractivity contribution in [1.29, 1.82) is 0 Å². The molecule has 1 aromatic carbocycles. The highest BCUT2D eigenvalue weighted by Crippen LogP contribution is 2.24. The molecule has 0 aliphatic carbocycles. The zero-order valence-corrected chi connectivity index (χ0v) is 10.8. The van der Waals surface area contributed by atoms with Gasteiger partial charge in [0.1, 0.15) is 5.82 Å². The van der Waals surface area contributed by atoms with Crippen molar-refractivity contribution in [3.8, 4) is 0 Å². The molecule has 5 heteroatoms. The van der Waals surface area contributed by atoms with Crippen LogP contribution in [0, 0.1) is 5.82 Å². The van der Waals surface area contributed by atoms with Gasteiger partial charge in [0.05, 0.1) is 18.8 Å². The highest BCUT2D eigenvalue weighted by Gasteiger charge is 2.19. The number of aliphatic hydroxyl groups is 1. The van der Waals surface area contributed by atoms with Crippen LogP contribution >= 0.6 is 11.6 Å². The van der Waals surface area contributed by atoms with E-state index in [0.29, 0.717) is 17.1 Å². The van der Waals surface area contributed by atoms with Crippen LogP contribution in [-0.4, -0.2) is 31.0 Å². The number of hydrogen-bond acceptors (Lipinski definition) is 3. The first kappa shape index (κ1) is 13.7. The number of hydrogen-bond donors (Lipinski definition) is 2. The molecule has 1 heterocycles. The first-order valence-corrected chi connectivity index (χ1v) is 6.49. The molecule has 0 amide bonds. The molecular weight excluding hydrogens is 257 g/mol. The Kier molecular flexibility index (Phi) is 4.95. The Bertz CT molecular complexity index is 397. The Morgan fingerprint density at radius 2 is 2.39 bits per heavy atom. The van der Waals surface area contributed by atoms with E-state index in [1.54, 1.807) is 6.07 Å². The highest BCUT2D eigenvalue weighted by atomic mass is 35.5. The molecule has 0 saturated carbocycles. The van der Waals surface area contributed by atoms with Crippen molar-refractivity contribution in [3.05, 3.63) is 34.6 Å². The molecule has 3 nitrogen and oxygen atoms in total. The lowest BCUT2D eigenvalue weighted by Crippen LogP contribution is -2.32. The molecule has 0 spiro atoms. The van der Waals surface area contributed by atoms with E-state index in [1.165, 1.54) is 12.1 Å². The van der Waals surface area contributed by atoms with Crippen molar-refractivity contribution < 1.29 is 14.2 Å². The maximum absolute atomic E-state index is 13.0. The van der Waals surface area contributed by atoms with Crippen molar-refractivity contribution in [2.45, 2.75) is 25.0 Å². The second kappa shape index (κ2) is 6.48. The van der Waals surface area contributed by atoms with E-state index in [4.69, 9.17) is 16.3 Å². The predicted molar refractivity (Wildman–Crippen MR) is 68.2 cm³/mol. The Hall–Kier alpha value is -0.680. The minimum Gasteiger partial charge on any atom is -0.394 e. The van der Waals surface area contributed by atoms with E-state index >= 15 is 0 Å². The maximum atomic E-state index is 13.0. The number of halogens is 2. The van der Waals surface area contributed by atoms with Crippen molar-refractivity contribution in [2.24, 2.45) is 0 Å². The predicted octanol–water partition coefficient (Wildman–Crippen LogP) is 2.28. The van der Waals surface area contributed by atoms with E-state index in [1.807, 2.05) is 0 Å². The van der Waals surface area contributed by atoms with Crippen LogP contribution in [-0.2, 0) is 4.74 Å². The number of rotatable bonds is 5. The second-order valence-corrected chi connectivity index (χ2v) is 4.85. The second-order valence-electron chi connectivity index (χ2n) is 4.44. The molecule has 0 bridgehead atoms. The summed E-state index contributed by atoms with van der Waals surface area (Å²) in [7, 11) is 0. The fourth-order valence-electron chi connectivity index (χ4n) is 2.14. The Morgan fingerprint density at radius 1 is 1.56 bits per heavy atom. The largest absolute Gasteiger partial charge is 0.394 e. The van der Waals surface area contributed by atoms with E-state index in [0.717, 1.165) is 19.4 Å². The number of nitrogens with one attached hydrogen (secondary N) is 1. The molecule has 1 aliphatic rings. The topological polar surface area (TPSA) is 41.5 Å². The monoisotopic (exact) mass is 273 g/mol. The third-order valence-corrected chi connectivity index (χ3v) is 3.46. The van der Waals surface area contributed by atoms with Crippen molar-refractivity contribution in [2.75, 3.05) is 19.8 Å². The molecule has 1 aliphatic heterocycles. The van der Waals surface area contributed by atoms with Crippen LogP contribution in [0.2, 0.25) is 5.02 Å². The molecule has 100 valence electrons. The van der Waals surface area contributed by atoms with E-state index < -0.39 is 0 Å². The lowest BCUT2D eigenvalue weighted by molar-refractivity contribution is 0.104. The van der Waals surface area contributed by atoms with Gasteiger partial charge in [-0.15, -0.1) is 0 Å². The molecule has 0 aromatic heterocycles. The van der Waals surface area contributed by atoms with Crippen molar-refractivity contribution >= 4 is 11.6 Å². The van der Waals surface area contributed by atoms with Gasteiger partial charge in [0.2, 0.25) is 0 Å². The Morgan fingerprint density at radius 3 is 3.00 bits per heavy atom. The molecule has 18 heavy (non-hydrogen) atoms. The van der Waals surface area contributed by atoms with Crippen LogP contribution < -0.4 is 5.32 Å². The molecule has 1 saturated heterocycles. The van der Waals surface area contributed by atoms with Crippen LogP contribution in [0.1, 0.15) is 24.4 Å². The van der Waals surface area contributed by atoms with Crippen LogP contribution in [0.15, 0.2) is 18.2 Å². The van der Waals surface area contributed by atoms with Gasteiger partial charge >= 0.3 is 0 Å². The summed E-state index contributed by atoms with van der Waals surface area (Å²) in [6.45, 7) is 1.38. The Labute approximate surface area is 111 Å². The molecule has 2 rings (SSSR count). The fraction of sp³-hybridized carbons (Fsp3) is 0.538. The third kappa shape index (κ3) is 3.42. The zero-order valence-electron chi connectivity index (χ0n) is 10.0.